The van der Waals surface area contributed by atoms with E-state index in [1.165, 1.54) is 19.2 Å². The molecule has 9 heteroatoms. The maximum atomic E-state index is 12.1. The Labute approximate surface area is 122 Å². The minimum atomic E-state index is -3.91. The number of nitro benzene ring substituents is 1. The third kappa shape index (κ3) is 4.70. The number of nitriles is 1. The predicted molar refractivity (Wildman–Crippen MR) is 74.3 cm³/mol. The van der Waals surface area contributed by atoms with Crippen LogP contribution in [0.25, 0.3) is 0 Å². The zero-order valence-electron chi connectivity index (χ0n) is 11.4. The predicted octanol–water partition coefficient (Wildman–Crippen LogP) is 1.58. The summed E-state index contributed by atoms with van der Waals surface area (Å²) in [6.45, 7) is 0.149. The van der Waals surface area contributed by atoms with Gasteiger partial charge in [-0.25, -0.2) is 13.1 Å². The van der Waals surface area contributed by atoms with Crippen molar-refractivity contribution in [3.05, 3.63) is 28.3 Å². The van der Waals surface area contributed by atoms with Gasteiger partial charge in [-0.05, 0) is 18.9 Å². The highest BCUT2D eigenvalue weighted by Crippen LogP contribution is 2.27. The minimum absolute atomic E-state index is 0.0325. The van der Waals surface area contributed by atoms with Crippen molar-refractivity contribution in [2.75, 3.05) is 13.7 Å². The highest BCUT2D eigenvalue weighted by Gasteiger charge is 2.22. The Morgan fingerprint density at radius 3 is 2.71 bits per heavy atom. The Hall–Kier alpha value is -2.18. The molecule has 0 spiro atoms. The second-order valence-electron chi connectivity index (χ2n) is 4.11. The lowest BCUT2D eigenvalue weighted by atomic mass is 10.2. The number of nitro groups is 1. The second kappa shape index (κ2) is 7.56. The van der Waals surface area contributed by atoms with Crippen LogP contribution in [0.2, 0.25) is 0 Å². The van der Waals surface area contributed by atoms with E-state index in [0.717, 1.165) is 6.07 Å². The first-order chi connectivity index (χ1) is 9.92. The molecule has 1 rings (SSSR count). The molecule has 114 valence electrons. The number of hydrogen-bond acceptors (Lipinski definition) is 6. The van der Waals surface area contributed by atoms with E-state index in [1.54, 1.807) is 0 Å². The summed E-state index contributed by atoms with van der Waals surface area (Å²) in [6.07, 6.45) is 1.43. The van der Waals surface area contributed by atoms with Crippen LogP contribution in [-0.4, -0.2) is 27.0 Å². The molecule has 1 aromatic rings. The highest BCUT2D eigenvalue weighted by atomic mass is 32.2. The summed E-state index contributed by atoms with van der Waals surface area (Å²) in [5, 5.41) is 19.1. The fourth-order valence-electron chi connectivity index (χ4n) is 1.60. The molecule has 0 saturated carbocycles. The lowest BCUT2D eigenvalue weighted by Crippen LogP contribution is -2.25. The van der Waals surface area contributed by atoms with Gasteiger partial charge in [0.05, 0.1) is 18.1 Å². The number of hydrogen-bond donors (Lipinski definition) is 1. The summed E-state index contributed by atoms with van der Waals surface area (Å²) in [6, 6.07) is 5.33. The maximum absolute atomic E-state index is 12.1. The average molecular weight is 313 g/mol. The SMILES string of the molecule is COc1ccc([N+](=O)[O-])cc1S(=O)(=O)NCCCCC#N. The lowest BCUT2D eigenvalue weighted by Gasteiger charge is -2.10. The molecule has 0 aliphatic carbocycles. The Kier molecular flexibility index (Phi) is 6.08. The molecule has 0 bridgehead atoms. The number of nitrogens with zero attached hydrogens (tertiary/aromatic N) is 2. The largest absolute Gasteiger partial charge is 0.495 e. The molecule has 21 heavy (non-hydrogen) atoms. The number of nitrogens with one attached hydrogen (secondary N) is 1. The van der Waals surface area contributed by atoms with Gasteiger partial charge in [0, 0.05) is 25.1 Å². The Balaban J connectivity index is 2.93. The standard InChI is InChI=1S/C12H15N3O5S/c1-20-11-6-5-10(15(16)17)9-12(11)21(18,19)14-8-4-2-3-7-13/h5-6,9,14H,2-4,8H2,1H3. The number of ether oxygens (including phenoxy) is 1. The maximum Gasteiger partial charge on any atom is 0.271 e. The van der Waals surface area contributed by atoms with Crippen molar-refractivity contribution in [3.8, 4) is 11.8 Å². The van der Waals surface area contributed by atoms with Gasteiger partial charge in [-0.3, -0.25) is 10.1 Å². The Bertz CT molecular complexity index is 651. The Morgan fingerprint density at radius 2 is 2.14 bits per heavy atom. The lowest BCUT2D eigenvalue weighted by molar-refractivity contribution is -0.385. The highest BCUT2D eigenvalue weighted by molar-refractivity contribution is 7.89. The monoisotopic (exact) mass is 313 g/mol. The fourth-order valence-corrected chi connectivity index (χ4v) is 2.86. The minimum Gasteiger partial charge on any atom is -0.495 e. The van der Waals surface area contributed by atoms with Crippen LogP contribution in [-0.2, 0) is 10.0 Å². The van der Waals surface area contributed by atoms with Crippen molar-refractivity contribution in [3.63, 3.8) is 0 Å². The summed E-state index contributed by atoms with van der Waals surface area (Å²) >= 11 is 0. The third-order valence-electron chi connectivity index (χ3n) is 2.65. The van der Waals surface area contributed by atoms with E-state index in [9.17, 15) is 18.5 Å². The summed E-state index contributed by atoms with van der Waals surface area (Å²) < 4.78 is 31.5. The number of rotatable bonds is 8. The van der Waals surface area contributed by atoms with Crippen molar-refractivity contribution < 1.29 is 18.1 Å². The molecule has 0 aliphatic heterocycles. The molecule has 1 N–H and O–H groups in total. The van der Waals surface area contributed by atoms with Crippen LogP contribution >= 0.6 is 0 Å². The summed E-state index contributed by atoms with van der Waals surface area (Å²) in [4.78, 5) is 9.78. The van der Waals surface area contributed by atoms with Gasteiger partial charge in [-0.15, -0.1) is 0 Å². The van der Waals surface area contributed by atoms with Crippen LogP contribution in [0.15, 0.2) is 23.1 Å². The average Bonchev–Trinajstić information content (AvgIpc) is 2.46. The van der Waals surface area contributed by atoms with Crippen molar-refractivity contribution in [2.45, 2.75) is 24.2 Å². The normalized spacial score (nSPS) is 10.9. The van der Waals surface area contributed by atoms with Crippen LogP contribution in [0.3, 0.4) is 0 Å². The van der Waals surface area contributed by atoms with Gasteiger partial charge in [0.1, 0.15) is 10.6 Å². The van der Waals surface area contributed by atoms with E-state index < -0.39 is 14.9 Å². The molecule has 0 atom stereocenters. The molecule has 0 saturated heterocycles. The second-order valence-corrected chi connectivity index (χ2v) is 5.84. The van der Waals surface area contributed by atoms with E-state index in [4.69, 9.17) is 10.00 Å². The van der Waals surface area contributed by atoms with E-state index in [2.05, 4.69) is 4.72 Å². The number of sulfonamides is 1. The van der Waals surface area contributed by atoms with Gasteiger partial charge in [0.15, 0.2) is 0 Å². The topological polar surface area (TPSA) is 122 Å². The van der Waals surface area contributed by atoms with Gasteiger partial charge in [-0.2, -0.15) is 5.26 Å². The summed E-state index contributed by atoms with van der Waals surface area (Å²) in [5.74, 6) is 0.0325. The van der Waals surface area contributed by atoms with Gasteiger partial charge >= 0.3 is 0 Å². The van der Waals surface area contributed by atoms with E-state index in [-0.39, 0.29) is 22.9 Å². The molecule has 1 aromatic carbocycles. The van der Waals surface area contributed by atoms with Gasteiger partial charge < -0.3 is 4.74 Å². The molecule has 0 aliphatic rings. The van der Waals surface area contributed by atoms with Crippen LogP contribution in [0.1, 0.15) is 19.3 Å². The first kappa shape index (κ1) is 16.9. The van der Waals surface area contributed by atoms with Crippen molar-refractivity contribution in [1.29, 1.82) is 5.26 Å². The fraction of sp³-hybridized carbons (Fsp3) is 0.417. The molecule has 0 amide bonds. The molecule has 8 nitrogen and oxygen atoms in total. The zero-order chi connectivity index (χ0) is 15.9. The van der Waals surface area contributed by atoms with Crippen LogP contribution in [0.5, 0.6) is 5.75 Å². The quantitative estimate of drug-likeness (QED) is 0.441. The number of benzene rings is 1. The molecule has 0 aromatic heterocycles. The smallest absolute Gasteiger partial charge is 0.271 e. The van der Waals surface area contributed by atoms with Gasteiger partial charge in [0.2, 0.25) is 10.0 Å². The van der Waals surface area contributed by atoms with Gasteiger partial charge in [-0.1, -0.05) is 0 Å². The molecule has 0 heterocycles. The van der Waals surface area contributed by atoms with Gasteiger partial charge in [0.25, 0.3) is 5.69 Å². The Morgan fingerprint density at radius 1 is 1.43 bits per heavy atom. The van der Waals surface area contributed by atoms with Crippen molar-refractivity contribution >= 4 is 15.7 Å². The first-order valence-corrected chi connectivity index (χ1v) is 7.59. The molecular weight excluding hydrogens is 298 g/mol. The molecule has 0 radical (unpaired) electrons. The van der Waals surface area contributed by atoms with Crippen molar-refractivity contribution in [2.24, 2.45) is 0 Å². The van der Waals surface area contributed by atoms with E-state index >= 15 is 0 Å². The number of non-ortho nitro benzene ring substituents is 1. The van der Waals surface area contributed by atoms with Crippen LogP contribution in [0, 0.1) is 21.4 Å². The zero-order valence-corrected chi connectivity index (χ0v) is 12.2. The summed E-state index contributed by atoms with van der Waals surface area (Å²) in [7, 11) is -2.62. The van der Waals surface area contributed by atoms with E-state index in [0.29, 0.717) is 19.3 Å². The van der Waals surface area contributed by atoms with Crippen molar-refractivity contribution in [1.82, 2.24) is 4.72 Å². The molecular formula is C12H15N3O5S. The summed E-state index contributed by atoms with van der Waals surface area (Å²) in [5.41, 5.74) is -0.333. The molecule has 0 fully saturated rings. The first-order valence-electron chi connectivity index (χ1n) is 6.11. The van der Waals surface area contributed by atoms with E-state index in [1.807, 2.05) is 6.07 Å². The number of methoxy groups -OCH3 is 1. The third-order valence-corrected chi connectivity index (χ3v) is 4.14. The van der Waals surface area contributed by atoms with Crippen LogP contribution < -0.4 is 9.46 Å². The molecule has 0 unspecified atom stereocenters. The van der Waals surface area contributed by atoms with Crippen LogP contribution in [0.4, 0.5) is 5.69 Å². The number of unbranched alkanes of at least 4 members (excludes halogenated alkanes) is 2.